The quantitative estimate of drug-likeness (QED) is 0.0459. The summed E-state index contributed by atoms with van der Waals surface area (Å²) < 4.78 is 47.4. The van der Waals surface area contributed by atoms with Crippen LogP contribution >= 0.6 is 0 Å². The van der Waals surface area contributed by atoms with Crippen LogP contribution in [-0.4, -0.2) is 117 Å². The van der Waals surface area contributed by atoms with Crippen molar-refractivity contribution in [2.24, 2.45) is 0 Å². The highest BCUT2D eigenvalue weighted by Gasteiger charge is 2.43. The van der Waals surface area contributed by atoms with E-state index in [1.807, 2.05) is 12.1 Å². The third kappa shape index (κ3) is 11.2. The molecule has 12 heteroatoms. The molecule has 0 amide bonds. The van der Waals surface area contributed by atoms with Crippen molar-refractivity contribution < 1.29 is 56.5 Å². The number of hydrogen-bond donors (Lipinski definition) is 0. The molecule has 0 aliphatic carbocycles. The van der Waals surface area contributed by atoms with E-state index in [1.165, 1.54) is 38.9 Å². The van der Waals surface area contributed by atoms with E-state index in [2.05, 4.69) is 77.3 Å². The number of likely N-dealkylation sites (N-methyl/N-ethyl adjacent to an activating group) is 2. The van der Waals surface area contributed by atoms with Crippen molar-refractivity contribution in [2.75, 3.05) is 96.1 Å². The molecule has 2 aliphatic rings. The van der Waals surface area contributed by atoms with E-state index in [0.717, 1.165) is 89.2 Å². The molecule has 2 aliphatic heterocycles. The van der Waals surface area contributed by atoms with Crippen LogP contribution in [0.15, 0.2) is 54.6 Å². The van der Waals surface area contributed by atoms with Gasteiger partial charge in [-0.3, -0.25) is 9.59 Å². The van der Waals surface area contributed by atoms with Gasteiger partial charge in [0.25, 0.3) is 0 Å². The van der Waals surface area contributed by atoms with Gasteiger partial charge in [0.1, 0.15) is 12.1 Å². The molecule has 4 atom stereocenters. The molecule has 4 aromatic carbocycles. The van der Waals surface area contributed by atoms with Crippen LogP contribution in [0.3, 0.4) is 0 Å². The summed E-state index contributed by atoms with van der Waals surface area (Å²) >= 11 is 0. The molecule has 0 fully saturated rings. The predicted molar refractivity (Wildman–Crippen MR) is 252 cm³/mol. The third-order valence-electron chi connectivity index (χ3n) is 14.1. The standard InChI is InChI=1S/C53H72N2O10/c1-35-14-15-38(28-36(35)2)31-44-51-41(29-37(3)52(62-10)53(51)63-11)21-25-55(44,5)23-13-27-65-50(57)19-18-49(56)64-26-12-22-54(4)24-20-40-33-47(60-8)48(61-9)34-42(40)43(54)30-39-16-17-45(58-6)46(32-39)59-7/h14-17,28-29,32-34,43-44H,12-13,18-27,30-31H2,1-11H3/q+2. The lowest BCUT2D eigenvalue weighted by Gasteiger charge is -2.46. The summed E-state index contributed by atoms with van der Waals surface area (Å²) in [4.78, 5) is 25.8. The lowest BCUT2D eigenvalue weighted by Crippen LogP contribution is -2.53. The van der Waals surface area contributed by atoms with Crippen LogP contribution in [-0.2, 0) is 44.7 Å². The number of methoxy groups -OCH3 is 6. The first-order valence-electron chi connectivity index (χ1n) is 23.0. The molecular formula is C53H72N2O10+2. The number of carbonyl (C=O) groups excluding carboxylic acids is 2. The number of nitrogens with zero attached hydrogens (tertiary/aromatic N) is 2. The second-order valence-corrected chi connectivity index (χ2v) is 18.3. The monoisotopic (exact) mass is 897 g/mol. The van der Waals surface area contributed by atoms with Crippen molar-refractivity contribution in [2.45, 2.75) is 84.2 Å². The van der Waals surface area contributed by atoms with Crippen LogP contribution in [0.5, 0.6) is 34.5 Å². The Morgan fingerprint density at radius 1 is 0.538 bits per heavy atom. The Bertz CT molecular complexity index is 2310. The molecule has 0 radical (unpaired) electrons. The topological polar surface area (TPSA) is 108 Å². The normalized spacial score (nSPS) is 19.9. The molecule has 0 N–H and O–H groups in total. The zero-order chi connectivity index (χ0) is 46.9. The molecule has 6 rings (SSSR count). The molecule has 0 saturated carbocycles. The molecule has 4 aromatic rings. The van der Waals surface area contributed by atoms with Crippen LogP contribution in [0.2, 0.25) is 0 Å². The number of carbonyl (C=O) groups is 2. The minimum atomic E-state index is -0.397. The first kappa shape index (κ1) is 49.0. The number of benzene rings is 4. The van der Waals surface area contributed by atoms with Crippen molar-refractivity contribution in [3.8, 4) is 34.5 Å². The molecule has 65 heavy (non-hydrogen) atoms. The summed E-state index contributed by atoms with van der Waals surface area (Å²) in [7, 11) is 14.6. The van der Waals surface area contributed by atoms with Gasteiger partial charge in [-0.2, -0.15) is 0 Å². The lowest BCUT2D eigenvalue weighted by atomic mass is 9.84. The Hall–Kier alpha value is -5.46. The minimum absolute atomic E-state index is 0.0205. The first-order chi connectivity index (χ1) is 31.2. The highest BCUT2D eigenvalue weighted by atomic mass is 16.5. The number of hydrogen-bond acceptors (Lipinski definition) is 10. The third-order valence-corrected chi connectivity index (χ3v) is 14.1. The first-order valence-corrected chi connectivity index (χ1v) is 23.0. The number of fused-ring (bicyclic) bond motifs is 2. The zero-order valence-electron chi connectivity index (χ0n) is 40.7. The SMILES string of the molecule is COc1ccc(CC2c3cc(OC)c(OC)cc3CC[N+]2(C)CCCOC(=O)CCC(=O)OCCC[N+]2(C)CCc3cc(C)c(OC)c(OC)c3C2Cc2ccc(C)c(C)c2)cc1OC. The van der Waals surface area contributed by atoms with Crippen molar-refractivity contribution in [1.29, 1.82) is 0 Å². The number of ether oxygens (including phenoxy) is 8. The number of rotatable bonds is 21. The van der Waals surface area contributed by atoms with Gasteiger partial charge < -0.3 is 46.9 Å². The average Bonchev–Trinajstić information content (AvgIpc) is 3.30. The Kier molecular flexibility index (Phi) is 16.3. The lowest BCUT2D eigenvalue weighted by molar-refractivity contribution is -0.941. The van der Waals surface area contributed by atoms with Crippen LogP contribution in [0.25, 0.3) is 0 Å². The van der Waals surface area contributed by atoms with Gasteiger partial charge in [-0.15, -0.1) is 0 Å². The van der Waals surface area contributed by atoms with Gasteiger partial charge in [-0.25, -0.2) is 0 Å². The summed E-state index contributed by atoms with van der Waals surface area (Å²) in [6, 6.07) is 19.5. The Morgan fingerprint density at radius 3 is 1.65 bits per heavy atom. The smallest absolute Gasteiger partial charge is 0.306 e. The highest BCUT2D eigenvalue weighted by molar-refractivity contribution is 5.77. The van der Waals surface area contributed by atoms with Gasteiger partial charge in [0.15, 0.2) is 34.5 Å². The molecular weight excluding hydrogens is 825 g/mol. The maximum atomic E-state index is 12.9. The van der Waals surface area contributed by atoms with Crippen molar-refractivity contribution in [3.05, 3.63) is 105 Å². The van der Waals surface area contributed by atoms with E-state index in [0.29, 0.717) is 30.1 Å². The van der Waals surface area contributed by atoms with Crippen LogP contribution in [0, 0.1) is 20.8 Å². The predicted octanol–water partition coefficient (Wildman–Crippen LogP) is 8.58. The molecule has 352 valence electrons. The maximum Gasteiger partial charge on any atom is 0.306 e. The fraction of sp³-hybridized carbons (Fsp3) is 0.509. The summed E-state index contributed by atoms with van der Waals surface area (Å²) in [6.45, 7) is 10.4. The average molecular weight is 897 g/mol. The van der Waals surface area contributed by atoms with Gasteiger partial charge >= 0.3 is 11.9 Å². The van der Waals surface area contributed by atoms with Crippen LogP contribution in [0.4, 0.5) is 0 Å². The largest absolute Gasteiger partial charge is 0.493 e. The fourth-order valence-electron chi connectivity index (χ4n) is 10.2. The fourth-order valence-corrected chi connectivity index (χ4v) is 10.2. The summed E-state index contributed by atoms with van der Waals surface area (Å²) in [5.74, 6) is 3.59. The molecule has 12 nitrogen and oxygen atoms in total. The second-order valence-electron chi connectivity index (χ2n) is 18.3. The minimum Gasteiger partial charge on any atom is -0.493 e. The van der Waals surface area contributed by atoms with Crippen molar-refractivity contribution in [1.82, 2.24) is 0 Å². The van der Waals surface area contributed by atoms with E-state index >= 15 is 0 Å². The van der Waals surface area contributed by atoms with Crippen molar-refractivity contribution in [3.63, 3.8) is 0 Å². The molecule has 2 heterocycles. The number of aryl methyl sites for hydroxylation is 3. The van der Waals surface area contributed by atoms with E-state index in [-0.39, 0.29) is 38.1 Å². The van der Waals surface area contributed by atoms with Gasteiger partial charge in [0, 0.05) is 44.1 Å². The summed E-state index contributed by atoms with van der Waals surface area (Å²) in [5, 5.41) is 0. The molecule has 0 saturated heterocycles. The Morgan fingerprint density at radius 2 is 1.06 bits per heavy atom. The number of esters is 2. The van der Waals surface area contributed by atoms with Gasteiger partial charge in [-0.05, 0) is 84.0 Å². The van der Waals surface area contributed by atoms with Crippen LogP contribution < -0.4 is 28.4 Å². The summed E-state index contributed by atoms with van der Waals surface area (Å²) in [6.07, 6.45) is 4.69. The van der Waals surface area contributed by atoms with E-state index < -0.39 is 11.9 Å². The molecule has 0 aromatic heterocycles. The van der Waals surface area contributed by atoms with Gasteiger partial charge in [0.2, 0.25) is 0 Å². The molecule has 0 spiro atoms. The highest BCUT2D eigenvalue weighted by Crippen LogP contribution is 2.48. The zero-order valence-corrected chi connectivity index (χ0v) is 40.7. The van der Waals surface area contributed by atoms with E-state index in [9.17, 15) is 9.59 Å². The summed E-state index contributed by atoms with van der Waals surface area (Å²) in [5.41, 5.74) is 11.0. The maximum absolute atomic E-state index is 12.9. The number of quaternary nitrogens is 2. The van der Waals surface area contributed by atoms with E-state index in [4.69, 9.17) is 37.9 Å². The molecule has 0 bridgehead atoms. The molecule has 4 unspecified atom stereocenters. The second kappa shape index (κ2) is 21.7. The van der Waals surface area contributed by atoms with Crippen LogP contribution in [0.1, 0.15) is 87.8 Å². The Balaban J connectivity index is 1.02. The van der Waals surface area contributed by atoms with Gasteiger partial charge in [-0.1, -0.05) is 30.3 Å². The van der Waals surface area contributed by atoms with E-state index in [1.54, 1.807) is 42.7 Å². The van der Waals surface area contributed by atoms with Crippen molar-refractivity contribution >= 4 is 11.9 Å². The Labute approximate surface area is 386 Å². The van der Waals surface area contributed by atoms with Gasteiger partial charge in [0.05, 0.1) is 115 Å².